The molecule has 2 saturated carbocycles. The zero-order valence-corrected chi connectivity index (χ0v) is 24.4. The highest BCUT2D eigenvalue weighted by molar-refractivity contribution is 6.35. The van der Waals surface area contributed by atoms with Crippen LogP contribution in [0.4, 0.5) is 8.78 Å². The number of hydrogen-bond donors (Lipinski definition) is 0. The molecule has 0 N–H and O–H groups in total. The largest absolute Gasteiger partial charge is 0.493 e. The van der Waals surface area contributed by atoms with Gasteiger partial charge in [0.15, 0.2) is 23.9 Å². The number of esters is 1. The van der Waals surface area contributed by atoms with Crippen LogP contribution in [0.15, 0.2) is 48.8 Å². The molecule has 0 aliphatic heterocycles. The van der Waals surface area contributed by atoms with E-state index in [-0.39, 0.29) is 17.9 Å². The predicted octanol–water partition coefficient (Wildman–Crippen LogP) is 7.45. The fourth-order valence-electron chi connectivity index (χ4n) is 4.37. The Bertz CT molecular complexity index is 1390. The van der Waals surface area contributed by atoms with Crippen LogP contribution in [0, 0.1) is 18.8 Å². The highest BCUT2D eigenvalue weighted by Crippen LogP contribution is 2.38. The first-order valence-electron chi connectivity index (χ1n) is 13.7. The maximum Gasteiger partial charge on any atom is 0.387 e. The Hall–Kier alpha value is -3.10. The van der Waals surface area contributed by atoms with Gasteiger partial charge in [-0.1, -0.05) is 35.3 Å². The van der Waals surface area contributed by atoms with E-state index in [4.69, 9.17) is 42.1 Å². The molecule has 2 aliphatic rings. The van der Waals surface area contributed by atoms with Gasteiger partial charge in [-0.25, -0.2) is 9.36 Å². The van der Waals surface area contributed by atoms with E-state index in [2.05, 4.69) is 0 Å². The first-order valence-corrected chi connectivity index (χ1v) is 14.4. The number of nitrogens with zero attached hydrogens (tertiary/aromatic N) is 1. The van der Waals surface area contributed by atoms with Gasteiger partial charge in [-0.15, -0.1) is 0 Å². The molecule has 1 heterocycles. The fourth-order valence-corrected chi connectivity index (χ4v) is 5.08. The summed E-state index contributed by atoms with van der Waals surface area (Å²) < 4.78 is 50.5. The normalized spacial score (nSPS) is 15.5. The van der Waals surface area contributed by atoms with Crippen molar-refractivity contribution in [2.75, 3.05) is 13.2 Å². The molecule has 1 atom stereocenters. The third kappa shape index (κ3) is 8.01. The Balaban J connectivity index is 1.45. The minimum Gasteiger partial charge on any atom is -0.493 e. The van der Waals surface area contributed by atoms with Crippen LogP contribution in [0.1, 0.15) is 58.8 Å². The Kier molecular flexibility index (Phi) is 9.19. The summed E-state index contributed by atoms with van der Waals surface area (Å²) in [6.07, 6.45) is 7.03. The maximum atomic E-state index is 13.5. The van der Waals surface area contributed by atoms with Crippen LogP contribution in [-0.2, 0) is 18.2 Å². The number of carbonyl (C=O) groups is 1. The summed E-state index contributed by atoms with van der Waals surface area (Å²) in [5.41, 5.74) is 2.34. The molecule has 218 valence electrons. The van der Waals surface area contributed by atoms with E-state index in [1.165, 1.54) is 6.07 Å². The van der Waals surface area contributed by atoms with Gasteiger partial charge in [-0.3, -0.25) is 0 Å². The zero-order valence-electron chi connectivity index (χ0n) is 22.9. The van der Waals surface area contributed by atoms with Crippen LogP contribution in [0.25, 0.3) is 0 Å². The van der Waals surface area contributed by atoms with Crippen molar-refractivity contribution in [3.8, 4) is 17.2 Å². The number of halogens is 4. The number of aryl methyl sites for hydroxylation is 2. The van der Waals surface area contributed by atoms with Gasteiger partial charge in [0.05, 0.1) is 18.8 Å². The smallest absolute Gasteiger partial charge is 0.387 e. The number of ether oxygens (including phenoxy) is 4. The van der Waals surface area contributed by atoms with Crippen molar-refractivity contribution in [2.24, 2.45) is 18.9 Å². The predicted molar refractivity (Wildman–Crippen MR) is 150 cm³/mol. The molecule has 41 heavy (non-hydrogen) atoms. The molecule has 2 aromatic carbocycles. The van der Waals surface area contributed by atoms with E-state index in [9.17, 15) is 13.6 Å². The van der Waals surface area contributed by atoms with Gasteiger partial charge in [0, 0.05) is 12.0 Å². The van der Waals surface area contributed by atoms with Crippen LogP contribution in [0.5, 0.6) is 17.2 Å². The number of alkyl halides is 2. The van der Waals surface area contributed by atoms with E-state index < -0.39 is 18.7 Å². The van der Waals surface area contributed by atoms with E-state index in [1.807, 2.05) is 13.0 Å². The number of rotatable bonds is 13. The summed E-state index contributed by atoms with van der Waals surface area (Å²) in [5, 5.41) is 0.796. The van der Waals surface area contributed by atoms with Crippen molar-refractivity contribution < 1.29 is 37.1 Å². The number of hydrogen-bond acceptors (Lipinski definition) is 5. The zero-order chi connectivity index (χ0) is 29.1. The molecule has 2 aliphatic carbocycles. The number of carbonyl (C=O) groups excluding carboxylic acids is 1. The molecule has 0 saturated heterocycles. The van der Waals surface area contributed by atoms with Gasteiger partial charge in [0.2, 0.25) is 0 Å². The van der Waals surface area contributed by atoms with Gasteiger partial charge < -0.3 is 18.9 Å². The van der Waals surface area contributed by atoms with Gasteiger partial charge in [-0.05, 0) is 79.8 Å². The van der Waals surface area contributed by atoms with Crippen molar-refractivity contribution in [1.82, 2.24) is 0 Å². The van der Waals surface area contributed by atoms with Gasteiger partial charge in [-0.2, -0.15) is 8.78 Å². The third-order valence-electron chi connectivity index (χ3n) is 7.17. The SMILES string of the molecule is Cc1ccc(C(=O)O[C@@H](Cc2c(Cl)c[n+](C)cc2Cl)c2ccc(OC(F)F)c(OCC3CC3)c2)cc1OCC1CC1. The summed E-state index contributed by atoms with van der Waals surface area (Å²) in [6, 6.07) is 9.73. The molecule has 0 spiro atoms. The van der Waals surface area contributed by atoms with Gasteiger partial charge in [0.25, 0.3) is 0 Å². The Labute approximate surface area is 248 Å². The summed E-state index contributed by atoms with van der Waals surface area (Å²) in [6.45, 7) is -0.0986. The van der Waals surface area contributed by atoms with Crippen molar-refractivity contribution >= 4 is 29.2 Å². The standard InChI is InChI=1S/C31H32Cl2F2NO5/c1-18-3-8-22(12-27(18)38-16-19-4-5-19)30(37)40-28(13-23-24(32)14-36(2)15-25(23)33)21-9-10-26(41-31(34)35)29(11-21)39-17-20-6-7-20/h3,8-12,14-15,19-20,28,31H,4-7,13,16-17H2,1-2H3/q+1/t28-/m0/s1. The molecule has 2 fully saturated rings. The third-order valence-corrected chi connectivity index (χ3v) is 7.82. The van der Waals surface area contributed by atoms with E-state index in [0.717, 1.165) is 31.2 Å². The first kappa shape index (κ1) is 29.4. The van der Waals surface area contributed by atoms with Gasteiger partial charge in [0.1, 0.15) is 28.9 Å². The molecular weight excluding hydrogens is 575 g/mol. The minimum absolute atomic E-state index is 0.0896. The molecule has 10 heteroatoms. The second-order valence-electron chi connectivity index (χ2n) is 10.8. The van der Waals surface area contributed by atoms with Crippen molar-refractivity contribution in [3.05, 3.63) is 81.1 Å². The average molecular weight is 608 g/mol. The van der Waals surface area contributed by atoms with Crippen LogP contribution in [0.3, 0.4) is 0 Å². The average Bonchev–Trinajstić information content (AvgIpc) is 3.84. The Morgan fingerprint density at radius 1 is 0.927 bits per heavy atom. The monoisotopic (exact) mass is 606 g/mol. The van der Waals surface area contributed by atoms with Crippen LogP contribution < -0.4 is 18.8 Å². The lowest BCUT2D eigenvalue weighted by Crippen LogP contribution is -2.27. The van der Waals surface area contributed by atoms with E-state index in [0.29, 0.717) is 57.5 Å². The molecule has 0 unspecified atom stereocenters. The molecule has 3 aromatic rings. The lowest BCUT2D eigenvalue weighted by atomic mass is 10.0. The maximum absolute atomic E-state index is 13.5. The summed E-state index contributed by atoms with van der Waals surface area (Å²) in [7, 11) is 1.80. The van der Waals surface area contributed by atoms with Crippen LogP contribution in [-0.4, -0.2) is 25.8 Å². The van der Waals surface area contributed by atoms with Crippen molar-refractivity contribution in [3.63, 3.8) is 0 Å². The molecule has 1 aromatic heterocycles. The Morgan fingerprint density at radius 3 is 2.17 bits per heavy atom. The van der Waals surface area contributed by atoms with Gasteiger partial charge >= 0.3 is 12.6 Å². The van der Waals surface area contributed by atoms with Crippen LogP contribution in [0.2, 0.25) is 10.0 Å². The first-order chi connectivity index (χ1) is 19.7. The van der Waals surface area contributed by atoms with Crippen molar-refractivity contribution in [1.29, 1.82) is 0 Å². The van der Waals surface area contributed by atoms with Crippen molar-refractivity contribution in [2.45, 2.75) is 51.7 Å². The molecule has 0 amide bonds. The second kappa shape index (κ2) is 12.8. The number of aromatic nitrogens is 1. The van der Waals surface area contributed by atoms with E-state index >= 15 is 0 Å². The lowest BCUT2D eigenvalue weighted by Gasteiger charge is -2.21. The number of pyridine rings is 1. The lowest BCUT2D eigenvalue weighted by molar-refractivity contribution is -0.671. The minimum atomic E-state index is -3.02. The molecular formula is C31H32Cl2F2NO5+. The highest BCUT2D eigenvalue weighted by Gasteiger charge is 2.27. The topological polar surface area (TPSA) is 57.9 Å². The summed E-state index contributed by atoms with van der Waals surface area (Å²) in [5.74, 6) is 1.06. The fraction of sp³-hybridized carbons (Fsp3) is 0.419. The highest BCUT2D eigenvalue weighted by atomic mass is 35.5. The van der Waals surface area contributed by atoms with E-state index in [1.54, 1.807) is 48.3 Å². The molecule has 5 rings (SSSR count). The molecule has 0 radical (unpaired) electrons. The van der Waals surface area contributed by atoms with Crippen LogP contribution >= 0.6 is 23.2 Å². The Morgan fingerprint density at radius 2 is 1.56 bits per heavy atom. The number of benzene rings is 2. The quantitative estimate of drug-likeness (QED) is 0.149. The molecule has 0 bridgehead atoms. The summed E-state index contributed by atoms with van der Waals surface area (Å²) in [4.78, 5) is 13.5. The second-order valence-corrected chi connectivity index (χ2v) is 11.6. The molecule has 6 nitrogen and oxygen atoms in total. The summed E-state index contributed by atoms with van der Waals surface area (Å²) >= 11 is 13.1.